The Labute approximate surface area is 133 Å². The van der Waals surface area contributed by atoms with Crippen molar-refractivity contribution in [1.82, 2.24) is 0 Å². The monoisotopic (exact) mass is 336 g/mol. The van der Waals surface area contributed by atoms with Crippen molar-refractivity contribution in [2.45, 2.75) is 16.1 Å². The number of aliphatic carboxylic acids is 1. The SMILES string of the molecule is O=C(O)C1C(c2ccccc2)C1S(=O)(=O)c1ccc(Cl)cc1. The highest BCUT2D eigenvalue weighted by Crippen LogP contribution is 2.54. The van der Waals surface area contributed by atoms with Crippen molar-refractivity contribution in [3.63, 3.8) is 0 Å². The Bertz CT molecular complexity index is 800. The minimum Gasteiger partial charge on any atom is -0.481 e. The fourth-order valence-electron chi connectivity index (χ4n) is 2.82. The van der Waals surface area contributed by atoms with Crippen molar-refractivity contribution < 1.29 is 18.3 Å². The van der Waals surface area contributed by atoms with Crippen LogP contribution in [0, 0.1) is 5.92 Å². The average Bonchev–Trinajstić information content (AvgIpc) is 3.25. The molecule has 0 aliphatic heterocycles. The fraction of sp³-hybridized carbons (Fsp3) is 0.188. The molecule has 0 heterocycles. The number of sulfone groups is 1. The zero-order valence-electron chi connectivity index (χ0n) is 11.4. The van der Waals surface area contributed by atoms with Crippen molar-refractivity contribution in [2.75, 3.05) is 0 Å². The van der Waals surface area contributed by atoms with Gasteiger partial charge in [0.2, 0.25) is 0 Å². The molecular weight excluding hydrogens is 324 g/mol. The molecule has 1 aliphatic rings. The smallest absolute Gasteiger partial charge is 0.308 e. The zero-order chi connectivity index (χ0) is 15.9. The number of hydrogen-bond acceptors (Lipinski definition) is 3. The third kappa shape index (κ3) is 2.51. The predicted molar refractivity (Wildman–Crippen MR) is 82.7 cm³/mol. The van der Waals surface area contributed by atoms with Gasteiger partial charge in [-0.3, -0.25) is 4.79 Å². The highest BCUT2D eigenvalue weighted by Gasteiger charge is 2.63. The van der Waals surface area contributed by atoms with E-state index in [0.717, 1.165) is 5.56 Å². The lowest BCUT2D eigenvalue weighted by atomic mass is 10.1. The second-order valence-corrected chi connectivity index (χ2v) is 7.81. The second-order valence-electron chi connectivity index (χ2n) is 5.26. The van der Waals surface area contributed by atoms with Gasteiger partial charge < -0.3 is 5.11 Å². The van der Waals surface area contributed by atoms with Crippen LogP contribution < -0.4 is 0 Å². The summed E-state index contributed by atoms with van der Waals surface area (Å²) in [4.78, 5) is 11.5. The average molecular weight is 337 g/mol. The molecule has 6 heteroatoms. The van der Waals surface area contributed by atoms with Gasteiger partial charge in [0.1, 0.15) is 0 Å². The molecule has 0 spiro atoms. The Hall–Kier alpha value is -1.85. The summed E-state index contributed by atoms with van der Waals surface area (Å²) in [6.45, 7) is 0. The molecule has 3 unspecified atom stereocenters. The Morgan fingerprint density at radius 2 is 1.59 bits per heavy atom. The number of hydrogen-bond donors (Lipinski definition) is 1. The molecule has 3 atom stereocenters. The van der Waals surface area contributed by atoms with Crippen LogP contribution in [0.5, 0.6) is 0 Å². The lowest BCUT2D eigenvalue weighted by Crippen LogP contribution is -2.13. The first-order valence-corrected chi connectivity index (χ1v) is 8.62. The summed E-state index contributed by atoms with van der Waals surface area (Å²) >= 11 is 5.77. The number of benzene rings is 2. The summed E-state index contributed by atoms with van der Waals surface area (Å²) in [6, 6.07) is 14.7. The number of carbonyl (C=O) groups is 1. The highest BCUT2D eigenvalue weighted by molar-refractivity contribution is 7.92. The fourth-order valence-corrected chi connectivity index (χ4v) is 5.07. The van der Waals surface area contributed by atoms with Gasteiger partial charge in [0.25, 0.3) is 0 Å². The first kappa shape index (κ1) is 15.1. The molecular formula is C16H13ClO4S. The van der Waals surface area contributed by atoms with Gasteiger partial charge >= 0.3 is 5.97 Å². The first-order valence-electron chi connectivity index (χ1n) is 6.70. The van der Waals surface area contributed by atoms with Crippen molar-refractivity contribution in [2.24, 2.45) is 5.92 Å². The molecule has 1 N–H and O–H groups in total. The molecule has 1 aliphatic carbocycles. The maximum atomic E-state index is 12.7. The zero-order valence-corrected chi connectivity index (χ0v) is 13.0. The molecule has 2 aromatic carbocycles. The third-order valence-corrected chi connectivity index (χ3v) is 6.41. The van der Waals surface area contributed by atoms with Gasteiger partial charge in [-0.2, -0.15) is 0 Å². The minimum absolute atomic E-state index is 0.103. The van der Waals surface area contributed by atoms with E-state index >= 15 is 0 Å². The lowest BCUT2D eigenvalue weighted by Gasteiger charge is -2.04. The van der Waals surface area contributed by atoms with E-state index in [1.54, 1.807) is 24.3 Å². The number of carboxylic acid groups (broad SMARTS) is 1. The van der Waals surface area contributed by atoms with Crippen molar-refractivity contribution in [1.29, 1.82) is 0 Å². The standard InChI is InChI=1S/C16H13ClO4S/c17-11-6-8-12(9-7-11)22(20,21)15-13(14(15)16(18)19)10-4-2-1-3-5-10/h1-9,13-15H,(H,18,19). The van der Waals surface area contributed by atoms with Crippen LogP contribution in [0.25, 0.3) is 0 Å². The van der Waals surface area contributed by atoms with E-state index in [4.69, 9.17) is 11.6 Å². The molecule has 0 saturated heterocycles. The molecule has 0 aromatic heterocycles. The molecule has 22 heavy (non-hydrogen) atoms. The normalized spacial score (nSPS) is 24.0. The summed E-state index contributed by atoms with van der Waals surface area (Å²) in [5.41, 5.74) is 0.734. The Kier molecular flexibility index (Phi) is 3.70. The first-order chi connectivity index (χ1) is 10.4. The van der Waals surface area contributed by atoms with E-state index in [1.165, 1.54) is 24.3 Å². The minimum atomic E-state index is -3.71. The van der Waals surface area contributed by atoms with Gasteiger partial charge in [-0.15, -0.1) is 0 Å². The van der Waals surface area contributed by atoms with Crippen LogP contribution in [0.4, 0.5) is 0 Å². The molecule has 1 saturated carbocycles. The van der Waals surface area contributed by atoms with E-state index in [2.05, 4.69) is 0 Å². The van der Waals surface area contributed by atoms with E-state index in [9.17, 15) is 18.3 Å². The highest BCUT2D eigenvalue weighted by atomic mass is 35.5. The predicted octanol–water partition coefficient (Wildman–Crippen LogP) is 2.98. The van der Waals surface area contributed by atoms with E-state index in [1.807, 2.05) is 6.07 Å². The molecule has 2 aromatic rings. The quantitative estimate of drug-likeness (QED) is 0.931. The molecule has 0 radical (unpaired) electrons. The number of carboxylic acids is 1. The van der Waals surface area contributed by atoms with Gasteiger partial charge in [0.05, 0.1) is 16.1 Å². The summed E-state index contributed by atoms with van der Waals surface area (Å²) in [5, 5.41) is 8.82. The summed E-state index contributed by atoms with van der Waals surface area (Å²) in [7, 11) is -3.71. The molecule has 3 rings (SSSR count). The van der Waals surface area contributed by atoms with Gasteiger partial charge in [0.15, 0.2) is 9.84 Å². The van der Waals surface area contributed by atoms with Crippen molar-refractivity contribution in [3.05, 3.63) is 65.2 Å². The van der Waals surface area contributed by atoms with Gasteiger partial charge in [-0.05, 0) is 29.8 Å². The Balaban J connectivity index is 1.99. The van der Waals surface area contributed by atoms with E-state index < -0.39 is 32.9 Å². The second kappa shape index (κ2) is 5.41. The van der Waals surface area contributed by atoms with Crippen LogP contribution in [0.1, 0.15) is 11.5 Å². The maximum absolute atomic E-state index is 12.7. The van der Waals surface area contributed by atoms with Crippen molar-refractivity contribution in [3.8, 4) is 0 Å². The van der Waals surface area contributed by atoms with E-state index in [-0.39, 0.29) is 4.90 Å². The summed E-state index contributed by atoms with van der Waals surface area (Å²) < 4.78 is 25.4. The van der Waals surface area contributed by atoms with Gasteiger partial charge in [-0.25, -0.2) is 8.42 Å². The van der Waals surface area contributed by atoms with Crippen LogP contribution in [-0.2, 0) is 14.6 Å². The Morgan fingerprint density at radius 1 is 1.00 bits per heavy atom. The topological polar surface area (TPSA) is 71.4 Å². The van der Waals surface area contributed by atoms with Crippen LogP contribution in [0.2, 0.25) is 5.02 Å². The summed E-state index contributed by atoms with van der Waals surface area (Å²) in [6.07, 6.45) is 0. The molecule has 0 bridgehead atoms. The Morgan fingerprint density at radius 3 is 2.14 bits per heavy atom. The molecule has 4 nitrogen and oxygen atoms in total. The number of rotatable bonds is 4. The third-order valence-electron chi connectivity index (χ3n) is 3.92. The van der Waals surface area contributed by atoms with Crippen LogP contribution in [-0.4, -0.2) is 24.7 Å². The summed E-state index contributed by atoms with van der Waals surface area (Å²) in [5.74, 6) is -2.51. The lowest BCUT2D eigenvalue weighted by molar-refractivity contribution is -0.138. The molecule has 114 valence electrons. The van der Waals surface area contributed by atoms with Gasteiger partial charge in [-0.1, -0.05) is 41.9 Å². The van der Waals surface area contributed by atoms with Gasteiger partial charge in [0, 0.05) is 10.9 Å². The molecule has 1 fully saturated rings. The maximum Gasteiger partial charge on any atom is 0.308 e. The largest absolute Gasteiger partial charge is 0.481 e. The van der Waals surface area contributed by atoms with Crippen LogP contribution in [0.15, 0.2) is 59.5 Å². The van der Waals surface area contributed by atoms with Crippen LogP contribution in [0.3, 0.4) is 0 Å². The van der Waals surface area contributed by atoms with Crippen LogP contribution >= 0.6 is 11.6 Å². The van der Waals surface area contributed by atoms with Crippen molar-refractivity contribution >= 4 is 27.4 Å². The van der Waals surface area contributed by atoms with E-state index in [0.29, 0.717) is 5.02 Å². The number of halogens is 1. The molecule has 0 amide bonds.